The highest BCUT2D eigenvalue weighted by Crippen LogP contribution is 2.72. The molecule has 10 nitrogen and oxygen atoms in total. The molecule has 1 aromatic rings. The zero-order valence-corrected chi connectivity index (χ0v) is 27.5. The molecule has 246 valence electrons. The molecule has 1 aromatic heterocycles. The van der Waals surface area contributed by atoms with Crippen molar-refractivity contribution in [3.63, 3.8) is 0 Å². The Balaban J connectivity index is 1.61. The maximum atomic E-state index is 13.7. The van der Waals surface area contributed by atoms with Crippen LogP contribution in [0.5, 0.6) is 0 Å². The van der Waals surface area contributed by atoms with Gasteiger partial charge in [0, 0.05) is 60.3 Å². The Morgan fingerprint density at radius 2 is 1.69 bits per heavy atom. The van der Waals surface area contributed by atoms with Gasteiger partial charge >= 0.3 is 17.9 Å². The molecule has 0 aromatic carbocycles. The maximum absolute atomic E-state index is 13.7. The average molecular weight is 627 g/mol. The summed E-state index contributed by atoms with van der Waals surface area (Å²) in [4.78, 5) is 38.7. The minimum absolute atomic E-state index is 0.0237. The number of carbonyl (C=O) groups is 3. The summed E-state index contributed by atoms with van der Waals surface area (Å²) in [6, 6.07) is 1.94. The number of allylic oxidation sites excluding steroid dienone is 2. The van der Waals surface area contributed by atoms with E-state index >= 15 is 0 Å². The van der Waals surface area contributed by atoms with Crippen LogP contribution in [-0.4, -0.2) is 66.4 Å². The fraction of sp³-hybridized carbons (Fsp3) is 0.686. The lowest BCUT2D eigenvalue weighted by Gasteiger charge is -2.66. The summed E-state index contributed by atoms with van der Waals surface area (Å²) in [7, 11) is 0. The molecule has 2 aliphatic heterocycles. The average Bonchev–Trinajstić information content (AvgIpc) is 3.68. The number of carbonyl (C=O) groups excluding carboxylic acids is 3. The van der Waals surface area contributed by atoms with Gasteiger partial charge in [-0.25, -0.2) is 4.79 Å². The van der Waals surface area contributed by atoms with Crippen LogP contribution in [0.25, 0.3) is 0 Å². The van der Waals surface area contributed by atoms with E-state index in [1.807, 2.05) is 13.0 Å². The van der Waals surface area contributed by atoms with Crippen molar-refractivity contribution in [3.8, 4) is 0 Å². The Morgan fingerprint density at radius 3 is 2.31 bits per heavy atom. The molecule has 2 saturated carbocycles. The summed E-state index contributed by atoms with van der Waals surface area (Å²) in [5.74, 6) is -2.08. The smallest absolute Gasteiger partial charge is 0.333 e. The van der Waals surface area contributed by atoms with Gasteiger partial charge in [0.15, 0.2) is 6.29 Å². The van der Waals surface area contributed by atoms with E-state index in [1.165, 1.54) is 13.8 Å². The standard InChI is InChI=1S/C35H46O10/c1-9-17(2)32(39)45-31-29-30-33(6,16-41-29)25(42-19(4)36)14-26(43-20(5)37)34(30,7)24-13-27(38)44-23-12-22(21-10-11-40-15-21)18(3)28(23)35(24,31)8/h9-11,15,22-27,29-31,38H,12-14,16H2,1-8H3/b17-9+/t22-,23+,24-,25+,26-,27-,29+,30+,31-,33-,34+,35-/m1/s1. The lowest BCUT2D eigenvalue weighted by atomic mass is 9.39. The van der Waals surface area contributed by atoms with Crippen LogP contribution in [0.4, 0.5) is 0 Å². The summed E-state index contributed by atoms with van der Waals surface area (Å²) in [6.07, 6.45) is 1.99. The van der Waals surface area contributed by atoms with Crippen LogP contribution in [0.15, 0.2) is 45.8 Å². The minimum Gasteiger partial charge on any atom is -0.472 e. The molecule has 1 N–H and O–H groups in total. The zero-order chi connectivity index (χ0) is 32.6. The summed E-state index contributed by atoms with van der Waals surface area (Å²) in [6.45, 7) is 14.9. The zero-order valence-electron chi connectivity index (χ0n) is 27.5. The highest BCUT2D eigenvalue weighted by atomic mass is 16.6. The lowest BCUT2D eigenvalue weighted by Crippen LogP contribution is -2.72. The molecule has 4 fully saturated rings. The molecule has 0 unspecified atom stereocenters. The van der Waals surface area contributed by atoms with Gasteiger partial charge in [0.25, 0.3) is 0 Å². The Morgan fingerprint density at radius 1 is 1.00 bits per heavy atom. The largest absolute Gasteiger partial charge is 0.472 e. The molecule has 2 saturated heterocycles. The van der Waals surface area contributed by atoms with E-state index in [0.29, 0.717) is 12.0 Å². The van der Waals surface area contributed by atoms with Gasteiger partial charge in [-0.1, -0.05) is 32.4 Å². The monoisotopic (exact) mass is 626 g/mol. The number of rotatable bonds is 5. The highest BCUT2D eigenvalue weighted by Gasteiger charge is 2.77. The molecule has 3 aliphatic carbocycles. The van der Waals surface area contributed by atoms with Gasteiger partial charge in [-0.2, -0.15) is 0 Å². The van der Waals surface area contributed by atoms with E-state index in [-0.39, 0.29) is 37.2 Å². The first-order chi connectivity index (χ1) is 21.2. The Bertz CT molecular complexity index is 1430. The molecule has 0 amide bonds. The summed E-state index contributed by atoms with van der Waals surface area (Å²) in [5, 5.41) is 11.6. The van der Waals surface area contributed by atoms with Crippen LogP contribution in [-0.2, 0) is 38.1 Å². The van der Waals surface area contributed by atoms with Crippen molar-refractivity contribution in [1.82, 2.24) is 0 Å². The van der Waals surface area contributed by atoms with Gasteiger partial charge in [0.2, 0.25) is 0 Å². The summed E-state index contributed by atoms with van der Waals surface area (Å²) >= 11 is 0. The fourth-order valence-corrected chi connectivity index (χ4v) is 10.3. The SMILES string of the molecule is C/C=C(\C)C(=O)O[C@@H]1[C@H]2OC[C@]3(C)[C@@H](OC(C)=O)C[C@@H](OC(C)=O)[C@@](C)([C@@H]23)[C@H]2C[C@H](O)O[C@H]3C[C@@H](c4ccoc4)C(C)=C3[C@]12C. The topological polar surface area (TPSA) is 131 Å². The molecule has 12 atom stereocenters. The van der Waals surface area contributed by atoms with Crippen LogP contribution in [0.2, 0.25) is 0 Å². The third-order valence-electron chi connectivity index (χ3n) is 12.1. The number of fused-ring (bicyclic) bond motifs is 4. The molecular weight excluding hydrogens is 580 g/mol. The van der Waals surface area contributed by atoms with E-state index in [9.17, 15) is 19.5 Å². The van der Waals surface area contributed by atoms with Gasteiger partial charge in [0.05, 0.1) is 31.3 Å². The molecule has 0 radical (unpaired) electrons. The summed E-state index contributed by atoms with van der Waals surface area (Å²) < 4.78 is 37.2. The lowest BCUT2D eigenvalue weighted by molar-refractivity contribution is -0.262. The second-order valence-electron chi connectivity index (χ2n) is 14.4. The number of hydrogen-bond acceptors (Lipinski definition) is 10. The number of aliphatic hydroxyl groups is 1. The number of ether oxygens (including phenoxy) is 5. The predicted octanol–water partition coefficient (Wildman–Crippen LogP) is 5.00. The number of furan rings is 1. The van der Waals surface area contributed by atoms with Gasteiger partial charge < -0.3 is 33.2 Å². The second kappa shape index (κ2) is 11.1. The summed E-state index contributed by atoms with van der Waals surface area (Å²) in [5.41, 5.74) is 1.18. The van der Waals surface area contributed by atoms with Crippen molar-refractivity contribution >= 4 is 17.9 Å². The van der Waals surface area contributed by atoms with Crippen molar-refractivity contribution in [2.45, 2.75) is 117 Å². The van der Waals surface area contributed by atoms with E-state index in [4.69, 9.17) is 28.1 Å². The van der Waals surface area contributed by atoms with Crippen LogP contribution in [0, 0.1) is 28.1 Å². The second-order valence-corrected chi connectivity index (χ2v) is 14.4. The first-order valence-corrected chi connectivity index (χ1v) is 16.0. The van der Waals surface area contributed by atoms with Crippen molar-refractivity contribution in [1.29, 1.82) is 0 Å². The maximum Gasteiger partial charge on any atom is 0.333 e. The number of aliphatic hydroxyl groups excluding tert-OH is 1. The first-order valence-electron chi connectivity index (χ1n) is 16.0. The fourth-order valence-electron chi connectivity index (χ4n) is 10.3. The van der Waals surface area contributed by atoms with Crippen molar-refractivity contribution in [2.24, 2.45) is 28.1 Å². The van der Waals surface area contributed by atoms with Crippen molar-refractivity contribution in [3.05, 3.63) is 47.0 Å². The van der Waals surface area contributed by atoms with Gasteiger partial charge in [0.1, 0.15) is 18.3 Å². The van der Waals surface area contributed by atoms with Crippen LogP contribution >= 0.6 is 0 Å². The predicted molar refractivity (Wildman–Crippen MR) is 160 cm³/mol. The van der Waals surface area contributed by atoms with E-state index in [0.717, 1.165) is 16.7 Å². The third kappa shape index (κ3) is 4.65. The molecule has 3 heterocycles. The Hall–Kier alpha value is -2.95. The van der Waals surface area contributed by atoms with E-state index in [1.54, 1.807) is 32.4 Å². The van der Waals surface area contributed by atoms with Crippen molar-refractivity contribution < 1.29 is 47.6 Å². The molecule has 0 bridgehead atoms. The number of hydrogen-bond donors (Lipinski definition) is 1. The van der Waals surface area contributed by atoms with Crippen LogP contribution in [0.3, 0.4) is 0 Å². The molecule has 10 heteroatoms. The molecule has 0 spiro atoms. The molecule has 5 aliphatic rings. The third-order valence-corrected chi connectivity index (χ3v) is 12.1. The normalized spacial score (nSPS) is 43.9. The minimum atomic E-state index is -1.12. The van der Waals surface area contributed by atoms with Crippen LogP contribution in [0.1, 0.15) is 86.1 Å². The number of esters is 3. The van der Waals surface area contributed by atoms with Crippen LogP contribution < -0.4 is 0 Å². The molecule has 45 heavy (non-hydrogen) atoms. The highest BCUT2D eigenvalue weighted by molar-refractivity contribution is 5.87. The molecule has 6 rings (SSSR count). The quantitative estimate of drug-likeness (QED) is 0.206. The van der Waals surface area contributed by atoms with E-state index < -0.39 is 71.0 Å². The Labute approximate surface area is 264 Å². The van der Waals surface area contributed by atoms with Gasteiger partial charge in [-0.3, -0.25) is 9.59 Å². The van der Waals surface area contributed by atoms with Gasteiger partial charge in [-0.05, 0) is 50.3 Å². The molecular formula is C35H46O10. The van der Waals surface area contributed by atoms with Gasteiger partial charge in [-0.15, -0.1) is 0 Å². The Kier molecular flexibility index (Phi) is 7.89. The van der Waals surface area contributed by atoms with E-state index in [2.05, 4.69) is 20.8 Å². The van der Waals surface area contributed by atoms with Crippen molar-refractivity contribution in [2.75, 3.05) is 6.61 Å². The first kappa shape index (κ1) is 32.0.